The summed E-state index contributed by atoms with van der Waals surface area (Å²) in [7, 11) is -3.47. The second kappa shape index (κ2) is 8.82. The average molecular weight is 315 g/mol. The van der Waals surface area contributed by atoms with E-state index in [1.807, 2.05) is 6.07 Å². The van der Waals surface area contributed by atoms with Gasteiger partial charge in [0, 0.05) is 0 Å². The van der Waals surface area contributed by atoms with Crippen LogP contribution in [0.4, 0.5) is 0 Å². The molecule has 2 atom stereocenters. The molecule has 0 saturated heterocycles. The van der Waals surface area contributed by atoms with E-state index in [1.165, 1.54) is 6.92 Å². The zero-order valence-electron chi connectivity index (χ0n) is 12.4. The van der Waals surface area contributed by atoms with Gasteiger partial charge in [0.05, 0.1) is 12.8 Å². The Bertz CT molecular complexity index is 480. The summed E-state index contributed by atoms with van der Waals surface area (Å²) in [6, 6.07) is 8.69. The molecule has 0 aromatic heterocycles. The summed E-state index contributed by atoms with van der Waals surface area (Å²) in [5.74, 6) is -0.143. The van der Waals surface area contributed by atoms with Crippen LogP contribution in [0.15, 0.2) is 30.3 Å². The first-order valence-corrected chi connectivity index (χ1v) is 8.62. The molecule has 0 spiro atoms. The predicted octanol–water partition coefficient (Wildman–Crippen LogP) is 2.58. The molecule has 2 unspecified atom stereocenters. The molecule has 1 aromatic carbocycles. The Hall–Kier alpha value is -1.36. The van der Waals surface area contributed by atoms with Crippen molar-refractivity contribution in [3.63, 3.8) is 0 Å². The lowest BCUT2D eigenvalue weighted by Crippen LogP contribution is -2.24. The number of ether oxygens (including phenoxy) is 1. The molecule has 0 aliphatic rings. The Kier molecular flexibility index (Phi) is 7.43. The predicted molar refractivity (Wildman–Crippen MR) is 80.4 cm³/mol. The van der Waals surface area contributed by atoms with Crippen LogP contribution in [0.25, 0.3) is 0 Å². The number of hydrogen-bond donors (Lipinski definition) is 1. The van der Waals surface area contributed by atoms with Crippen LogP contribution in [0.2, 0.25) is 0 Å². The van der Waals surface area contributed by atoms with E-state index in [2.05, 4.69) is 0 Å². The monoisotopic (exact) mass is 315 g/mol. The molecular weight excluding hydrogens is 293 g/mol. The smallest absolute Gasteiger partial charge is 0.380 e. The summed E-state index contributed by atoms with van der Waals surface area (Å²) in [4.78, 5) is 11.6. The summed E-state index contributed by atoms with van der Waals surface area (Å²) in [6.07, 6.45) is -0.348. The molecule has 0 radical (unpaired) electrons. The first-order valence-electron chi connectivity index (χ1n) is 6.89. The van der Waals surface area contributed by atoms with Gasteiger partial charge in [0.15, 0.2) is 6.10 Å². The summed E-state index contributed by atoms with van der Waals surface area (Å²) >= 11 is 0. The molecule has 2 N–H and O–H groups in total. The van der Waals surface area contributed by atoms with Crippen LogP contribution in [0.1, 0.15) is 20.3 Å². The van der Waals surface area contributed by atoms with E-state index in [0.717, 1.165) is 0 Å². The third kappa shape index (κ3) is 6.29. The van der Waals surface area contributed by atoms with Gasteiger partial charge in [-0.25, -0.2) is 9.36 Å². The van der Waals surface area contributed by atoms with Crippen molar-refractivity contribution in [1.82, 2.24) is 0 Å². The Morgan fingerprint density at radius 3 is 2.57 bits per heavy atom. The Morgan fingerprint density at radius 2 is 2.00 bits per heavy atom. The number of hydrogen-bond acceptors (Lipinski definition) is 6. The van der Waals surface area contributed by atoms with E-state index >= 15 is 0 Å². The normalized spacial score (nSPS) is 15.0. The Morgan fingerprint density at radius 1 is 1.33 bits per heavy atom. The third-order valence-corrected chi connectivity index (χ3v) is 4.55. The molecule has 0 amide bonds. The molecule has 118 valence electrons. The standard InChI is InChI=1S/C14H22NO5P/c1-3-18-14(16)12(2)19-21(17,11-7-10-15)20-13-8-5-4-6-9-13/h4-6,8-9,12H,3,7,10-11,15H2,1-2H3. The molecule has 0 bridgehead atoms. The van der Waals surface area contributed by atoms with Crippen LogP contribution in [-0.2, 0) is 18.6 Å². The fourth-order valence-corrected chi connectivity index (χ4v) is 3.41. The molecule has 0 aliphatic heterocycles. The van der Waals surface area contributed by atoms with Gasteiger partial charge in [-0.15, -0.1) is 0 Å². The number of nitrogens with two attached hydrogens (primary N) is 1. The molecule has 1 rings (SSSR count). The van der Waals surface area contributed by atoms with Crippen molar-refractivity contribution in [2.75, 3.05) is 19.3 Å². The topological polar surface area (TPSA) is 87.9 Å². The highest BCUT2D eigenvalue weighted by atomic mass is 31.2. The Labute approximate surface area is 125 Å². The van der Waals surface area contributed by atoms with Gasteiger partial charge in [-0.3, -0.25) is 4.52 Å². The van der Waals surface area contributed by atoms with Gasteiger partial charge < -0.3 is 15.0 Å². The number of esters is 1. The van der Waals surface area contributed by atoms with E-state index in [9.17, 15) is 9.36 Å². The van der Waals surface area contributed by atoms with E-state index in [1.54, 1.807) is 31.2 Å². The van der Waals surface area contributed by atoms with E-state index in [4.69, 9.17) is 19.5 Å². The zero-order chi connectivity index (χ0) is 15.7. The maximum absolute atomic E-state index is 12.8. The van der Waals surface area contributed by atoms with Crippen molar-refractivity contribution < 1.29 is 23.1 Å². The van der Waals surface area contributed by atoms with Gasteiger partial charge in [0.2, 0.25) is 0 Å². The van der Waals surface area contributed by atoms with Crippen molar-refractivity contribution >= 4 is 13.6 Å². The fourth-order valence-electron chi connectivity index (χ4n) is 1.59. The number of para-hydroxylation sites is 1. The van der Waals surface area contributed by atoms with Crippen molar-refractivity contribution in [3.8, 4) is 5.75 Å². The molecule has 0 saturated carbocycles. The lowest BCUT2D eigenvalue weighted by atomic mass is 10.3. The summed E-state index contributed by atoms with van der Waals surface area (Å²) < 4.78 is 28.4. The number of benzene rings is 1. The molecule has 21 heavy (non-hydrogen) atoms. The minimum atomic E-state index is -3.47. The van der Waals surface area contributed by atoms with Crippen molar-refractivity contribution in [2.24, 2.45) is 5.73 Å². The molecule has 0 heterocycles. The average Bonchev–Trinajstić information content (AvgIpc) is 2.46. The summed E-state index contributed by atoms with van der Waals surface area (Å²) in [5, 5.41) is 0. The van der Waals surface area contributed by atoms with Crippen LogP contribution in [0.5, 0.6) is 5.75 Å². The van der Waals surface area contributed by atoms with Gasteiger partial charge in [-0.05, 0) is 38.9 Å². The number of carbonyl (C=O) groups is 1. The molecule has 6 nitrogen and oxygen atoms in total. The van der Waals surface area contributed by atoms with Gasteiger partial charge >= 0.3 is 13.6 Å². The SMILES string of the molecule is CCOC(=O)C(C)OP(=O)(CCCN)Oc1ccccc1. The van der Waals surface area contributed by atoms with Crippen molar-refractivity contribution in [3.05, 3.63) is 30.3 Å². The maximum Gasteiger partial charge on any atom is 0.380 e. The quantitative estimate of drug-likeness (QED) is 0.556. The number of carbonyl (C=O) groups excluding carboxylic acids is 1. The molecule has 7 heteroatoms. The van der Waals surface area contributed by atoms with Gasteiger partial charge in [-0.1, -0.05) is 18.2 Å². The molecule has 0 aliphatic carbocycles. The lowest BCUT2D eigenvalue weighted by Gasteiger charge is -2.22. The summed E-state index contributed by atoms with van der Waals surface area (Å²) in [5.41, 5.74) is 5.44. The third-order valence-electron chi connectivity index (χ3n) is 2.56. The Balaban J connectivity index is 2.78. The minimum Gasteiger partial charge on any atom is -0.464 e. The summed E-state index contributed by atoms with van der Waals surface area (Å²) in [6.45, 7) is 3.78. The molecular formula is C14H22NO5P. The van der Waals surface area contributed by atoms with E-state index in [-0.39, 0.29) is 12.8 Å². The maximum atomic E-state index is 12.8. The highest BCUT2D eigenvalue weighted by molar-refractivity contribution is 7.54. The van der Waals surface area contributed by atoms with Crippen molar-refractivity contribution in [1.29, 1.82) is 0 Å². The van der Waals surface area contributed by atoms with E-state index < -0.39 is 19.7 Å². The second-order valence-electron chi connectivity index (χ2n) is 4.38. The van der Waals surface area contributed by atoms with Gasteiger partial charge in [0.25, 0.3) is 0 Å². The minimum absolute atomic E-state index is 0.141. The highest BCUT2D eigenvalue weighted by Crippen LogP contribution is 2.49. The van der Waals surface area contributed by atoms with Crippen LogP contribution in [0.3, 0.4) is 0 Å². The van der Waals surface area contributed by atoms with Crippen LogP contribution < -0.4 is 10.3 Å². The molecule has 1 aromatic rings. The van der Waals surface area contributed by atoms with Crippen molar-refractivity contribution in [2.45, 2.75) is 26.4 Å². The van der Waals surface area contributed by atoms with Gasteiger partial charge in [-0.2, -0.15) is 0 Å². The lowest BCUT2D eigenvalue weighted by molar-refractivity contribution is -0.150. The van der Waals surface area contributed by atoms with Gasteiger partial charge in [0.1, 0.15) is 5.75 Å². The second-order valence-corrected chi connectivity index (χ2v) is 6.44. The largest absolute Gasteiger partial charge is 0.464 e. The van der Waals surface area contributed by atoms with Crippen LogP contribution in [-0.4, -0.2) is 31.4 Å². The van der Waals surface area contributed by atoms with Crippen LogP contribution >= 0.6 is 7.60 Å². The molecule has 0 fully saturated rings. The van der Waals surface area contributed by atoms with Crippen LogP contribution in [0, 0.1) is 0 Å². The zero-order valence-corrected chi connectivity index (χ0v) is 13.3. The highest BCUT2D eigenvalue weighted by Gasteiger charge is 2.31. The van der Waals surface area contributed by atoms with E-state index in [0.29, 0.717) is 18.7 Å². The first-order chi connectivity index (χ1) is 10.0. The fraction of sp³-hybridized carbons (Fsp3) is 0.500. The first kappa shape index (κ1) is 17.7. The number of rotatable bonds is 9.